The van der Waals surface area contributed by atoms with Crippen LogP contribution in [0, 0.1) is 0 Å². The van der Waals surface area contributed by atoms with E-state index in [0.717, 1.165) is 0 Å². The summed E-state index contributed by atoms with van der Waals surface area (Å²) in [5, 5.41) is 11.9. The van der Waals surface area contributed by atoms with Crippen LogP contribution in [0.5, 0.6) is 17.2 Å². The lowest BCUT2D eigenvalue weighted by Crippen LogP contribution is -2.54. The summed E-state index contributed by atoms with van der Waals surface area (Å²) in [6.07, 6.45) is 0. The number of carboxylic acids is 1. The Labute approximate surface area is 165 Å². The Morgan fingerprint density at radius 1 is 1.10 bits per heavy atom. The van der Waals surface area contributed by atoms with Crippen molar-refractivity contribution < 1.29 is 33.7 Å². The van der Waals surface area contributed by atoms with Crippen LogP contribution in [0.3, 0.4) is 0 Å². The van der Waals surface area contributed by atoms with Crippen LogP contribution >= 0.6 is 0 Å². The number of carboxylic acid groups (broad SMARTS) is 1. The van der Waals surface area contributed by atoms with Crippen molar-refractivity contribution in [2.75, 3.05) is 23.6 Å². The summed E-state index contributed by atoms with van der Waals surface area (Å²) in [6, 6.07) is 9.15. The molecule has 4 rings (SSSR count). The van der Waals surface area contributed by atoms with Gasteiger partial charge in [0, 0.05) is 11.8 Å². The molecule has 0 bridgehead atoms. The lowest BCUT2D eigenvalue weighted by molar-refractivity contribution is -0.133. The normalized spacial score (nSPS) is 16.1. The van der Waals surface area contributed by atoms with Crippen LogP contribution in [0.2, 0.25) is 0 Å². The molecule has 9 nitrogen and oxygen atoms in total. The number of fused-ring (bicyclic) bond motifs is 2. The van der Waals surface area contributed by atoms with Gasteiger partial charge in [-0.05, 0) is 44.2 Å². The fraction of sp³-hybridized carbons (Fsp3) is 0.250. The molecule has 0 saturated carbocycles. The van der Waals surface area contributed by atoms with Gasteiger partial charge in [-0.25, -0.2) is 4.79 Å². The number of nitrogens with zero attached hydrogens (tertiary/aromatic N) is 1. The van der Waals surface area contributed by atoms with Crippen molar-refractivity contribution in [3.8, 4) is 17.2 Å². The van der Waals surface area contributed by atoms with Crippen LogP contribution in [-0.4, -0.2) is 41.8 Å². The van der Waals surface area contributed by atoms with E-state index in [9.17, 15) is 19.5 Å². The summed E-state index contributed by atoms with van der Waals surface area (Å²) in [7, 11) is 0. The molecule has 29 heavy (non-hydrogen) atoms. The number of rotatable bonds is 4. The predicted octanol–water partition coefficient (Wildman–Crippen LogP) is 2.26. The zero-order valence-corrected chi connectivity index (χ0v) is 15.7. The Balaban J connectivity index is 1.58. The van der Waals surface area contributed by atoms with Gasteiger partial charge in [0.1, 0.15) is 12.3 Å². The molecule has 0 radical (unpaired) electrons. The lowest BCUT2D eigenvalue weighted by atomic mass is 10.0. The first-order valence-electron chi connectivity index (χ1n) is 8.82. The van der Waals surface area contributed by atoms with Gasteiger partial charge in [0.25, 0.3) is 5.91 Å². The van der Waals surface area contributed by atoms with Crippen molar-refractivity contribution in [2.24, 2.45) is 0 Å². The Morgan fingerprint density at radius 3 is 2.62 bits per heavy atom. The minimum atomic E-state index is -1.25. The average Bonchev–Trinajstić information content (AvgIpc) is 3.12. The summed E-state index contributed by atoms with van der Waals surface area (Å²) in [5.41, 5.74) is -0.386. The average molecular weight is 398 g/mol. The molecule has 2 aromatic rings. The van der Waals surface area contributed by atoms with Crippen molar-refractivity contribution in [3.63, 3.8) is 0 Å². The lowest BCUT2D eigenvalue weighted by Gasteiger charge is -2.38. The molecule has 0 aromatic heterocycles. The van der Waals surface area contributed by atoms with Crippen LogP contribution < -0.4 is 24.4 Å². The number of carbonyl (C=O) groups is 3. The van der Waals surface area contributed by atoms with Gasteiger partial charge in [-0.2, -0.15) is 0 Å². The summed E-state index contributed by atoms with van der Waals surface area (Å²) in [6.45, 7) is 2.99. The van der Waals surface area contributed by atoms with E-state index in [0.29, 0.717) is 22.9 Å². The SMILES string of the molecule is CC1(C)Oc2cc(C(=O)O)ccc2N(CC(=O)Nc2ccc3c(c2)OCO3)C1=O. The van der Waals surface area contributed by atoms with Crippen molar-refractivity contribution >= 4 is 29.2 Å². The summed E-state index contributed by atoms with van der Waals surface area (Å²) >= 11 is 0. The second-order valence-corrected chi connectivity index (χ2v) is 7.11. The van der Waals surface area contributed by atoms with Gasteiger partial charge < -0.3 is 24.6 Å². The topological polar surface area (TPSA) is 114 Å². The molecule has 150 valence electrons. The molecule has 2 aliphatic rings. The second kappa shape index (κ2) is 6.69. The third-order valence-corrected chi connectivity index (χ3v) is 4.58. The van der Waals surface area contributed by atoms with Crippen molar-refractivity contribution in [1.82, 2.24) is 0 Å². The van der Waals surface area contributed by atoms with E-state index in [2.05, 4.69) is 5.32 Å². The highest BCUT2D eigenvalue weighted by Crippen LogP contribution is 2.38. The molecule has 0 aliphatic carbocycles. The minimum Gasteiger partial charge on any atom is -0.478 e. The first-order chi connectivity index (χ1) is 13.7. The zero-order chi connectivity index (χ0) is 20.8. The molecule has 0 spiro atoms. The number of amides is 2. The first-order valence-corrected chi connectivity index (χ1v) is 8.82. The molecular formula is C20H18N2O7. The molecule has 0 atom stereocenters. The highest BCUT2D eigenvalue weighted by molar-refractivity contribution is 6.08. The number of hydrogen-bond acceptors (Lipinski definition) is 6. The molecule has 2 heterocycles. The van der Waals surface area contributed by atoms with Crippen LogP contribution in [0.15, 0.2) is 36.4 Å². The third-order valence-electron chi connectivity index (χ3n) is 4.58. The van der Waals surface area contributed by atoms with Crippen LogP contribution in [0.4, 0.5) is 11.4 Å². The van der Waals surface area contributed by atoms with E-state index in [1.54, 1.807) is 32.0 Å². The molecule has 9 heteroatoms. The van der Waals surface area contributed by atoms with E-state index >= 15 is 0 Å². The summed E-state index contributed by atoms with van der Waals surface area (Å²) < 4.78 is 16.2. The number of hydrogen-bond donors (Lipinski definition) is 2. The third kappa shape index (κ3) is 3.42. The van der Waals surface area contributed by atoms with Gasteiger partial charge in [-0.3, -0.25) is 14.5 Å². The minimum absolute atomic E-state index is 0.0265. The number of carbonyl (C=O) groups excluding carboxylic acids is 2. The molecule has 0 fully saturated rings. The van der Waals surface area contributed by atoms with E-state index in [1.807, 2.05) is 0 Å². The second-order valence-electron chi connectivity index (χ2n) is 7.11. The number of aromatic carboxylic acids is 1. The maximum Gasteiger partial charge on any atom is 0.335 e. The van der Waals surface area contributed by atoms with Crippen molar-refractivity contribution in [1.29, 1.82) is 0 Å². The van der Waals surface area contributed by atoms with Gasteiger partial charge in [0.2, 0.25) is 12.7 Å². The van der Waals surface area contributed by atoms with E-state index < -0.39 is 23.4 Å². The maximum absolute atomic E-state index is 12.8. The van der Waals surface area contributed by atoms with Gasteiger partial charge in [-0.15, -0.1) is 0 Å². The van der Waals surface area contributed by atoms with Crippen LogP contribution in [0.25, 0.3) is 0 Å². The monoisotopic (exact) mass is 398 g/mol. The number of benzene rings is 2. The smallest absolute Gasteiger partial charge is 0.335 e. The fourth-order valence-electron chi connectivity index (χ4n) is 3.18. The number of anilines is 2. The van der Waals surface area contributed by atoms with E-state index in [4.69, 9.17) is 14.2 Å². The molecule has 2 aromatic carbocycles. The standard InChI is InChI=1S/C20H18N2O7/c1-20(2)19(26)22(13-5-3-11(18(24)25)7-15(13)29-20)9-17(23)21-12-4-6-14-16(8-12)28-10-27-14/h3-8H,9-10H2,1-2H3,(H,21,23)(H,24,25). The number of ether oxygens (including phenoxy) is 3. The summed E-state index contributed by atoms with van der Waals surface area (Å²) in [4.78, 5) is 38.0. The molecule has 0 saturated heterocycles. The number of nitrogens with one attached hydrogen (secondary N) is 1. The highest BCUT2D eigenvalue weighted by Gasteiger charge is 2.41. The molecule has 2 N–H and O–H groups in total. The van der Waals surface area contributed by atoms with Gasteiger partial charge in [-0.1, -0.05) is 0 Å². The largest absolute Gasteiger partial charge is 0.478 e. The van der Waals surface area contributed by atoms with E-state index in [1.165, 1.54) is 23.1 Å². The molecular weight excluding hydrogens is 380 g/mol. The van der Waals surface area contributed by atoms with Crippen molar-refractivity contribution in [3.05, 3.63) is 42.0 Å². The van der Waals surface area contributed by atoms with Gasteiger partial charge >= 0.3 is 5.97 Å². The highest BCUT2D eigenvalue weighted by atomic mass is 16.7. The Hall–Kier alpha value is -3.75. The van der Waals surface area contributed by atoms with Crippen LogP contribution in [0.1, 0.15) is 24.2 Å². The van der Waals surface area contributed by atoms with Crippen LogP contribution in [-0.2, 0) is 9.59 Å². The Bertz CT molecular complexity index is 1030. The maximum atomic E-state index is 12.8. The first kappa shape index (κ1) is 18.6. The molecule has 2 aliphatic heterocycles. The predicted molar refractivity (Wildman–Crippen MR) is 102 cm³/mol. The Morgan fingerprint density at radius 2 is 1.86 bits per heavy atom. The van der Waals surface area contributed by atoms with Gasteiger partial charge in [0.15, 0.2) is 17.1 Å². The zero-order valence-electron chi connectivity index (χ0n) is 15.7. The van der Waals surface area contributed by atoms with E-state index in [-0.39, 0.29) is 24.7 Å². The Kier molecular flexibility index (Phi) is 4.30. The summed E-state index contributed by atoms with van der Waals surface area (Å²) in [5.74, 6) is -0.602. The molecule has 0 unspecified atom stereocenters. The quantitative estimate of drug-likeness (QED) is 0.812. The fourth-order valence-corrected chi connectivity index (χ4v) is 3.18. The van der Waals surface area contributed by atoms with Gasteiger partial charge in [0.05, 0.1) is 11.3 Å². The molecule has 2 amide bonds. The van der Waals surface area contributed by atoms with Crippen molar-refractivity contribution in [2.45, 2.75) is 19.4 Å².